The monoisotopic (exact) mass is 461 g/mol. The topological polar surface area (TPSA) is 73.9 Å². The van der Waals surface area contributed by atoms with Gasteiger partial charge in [-0.3, -0.25) is 20.1 Å². The number of nitrogens with zero attached hydrogens (tertiary/aromatic N) is 2. The SMILES string of the molecule is C1=C(c2ccc(OCCN3CCOCC3)c(OCCN3CCOCC3)c2)NOC12CCOC2. The summed E-state index contributed by atoms with van der Waals surface area (Å²) in [5, 5.41) is 0. The Hall–Kier alpha value is -1.88. The summed E-state index contributed by atoms with van der Waals surface area (Å²) in [6.45, 7) is 11.2. The van der Waals surface area contributed by atoms with E-state index in [4.69, 9.17) is 28.5 Å². The number of hydrogen-bond donors (Lipinski definition) is 1. The second kappa shape index (κ2) is 11.0. The highest BCUT2D eigenvalue weighted by Gasteiger charge is 2.39. The highest BCUT2D eigenvalue weighted by Crippen LogP contribution is 2.36. The van der Waals surface area contributed by atoms with Gasteiger partial charge in [-0.25, -0.2) is 0 Å². The normalized spacial score (nSPS) is 26.4. The Labute approximate surface area is 195 Å². The molecular weight excluding hydrogens is 426 g/mol. The third-order valence-electron chi connectivity index (χ3n) is 6.58. The van der Waals surface area contributed by atoms with E-state index in [0.717, 1.165) is 101 Å². The molecule has 0 bridgehead atoms. The number of ether oxygens (including phenoxy) is 5. The molecule has 1 spiro atoms. The molecule has 5 rings (SSSR count). The van der Waals surface area contributed by atoms with Crippen molar-refractivity contribution < 1.29 is 28.5 Å². The van der Waals surface area contributed by atoms with E-state index in [1.165, 1.54) is 0 Å². The molecule has 1 atom stereocenters. The molecule has 9 nitrogen and oxygen atoms in total. The number of rotatable bonds is 9. The first-order chi connectivity index (χ1) is 16.3. The lowest BCUT2D eigenvalue weighted by atomic mass is 10.0. The highest BCUT2D eigenvalue weighted by atomic mass is 16.7. The molecule has 3 saturated heterocycles. The van der Waals surface area contributed by atoms with Crippen LogP contribution in [0, 0.1) is 0 Å². The minimum absolute atomic E-state index is 0.361. The zero-order valence-electron chi connectivity index (χ0n) is 19.3. The minimum atomic E-state index is -0.361. The molecule has 4 aliphatic rings. The van der Waals surface area contributed by atoms with E-state index in [9.17, 15) is 0 Å². The van der Waals surface area contributed by atoms with Crippen molar-refractivity contribution in [1.29, 1.82) is 0 Å². The molecule has 4 heterocycles. The summed E-state index contributed by atoms with van der Waals surface area (Å²) in [4.78, 5) is 10.6. The van der Waals surface area contributed by atoms with Crippen LogP contribution in [0.4, 0.5) is 0 Å². The van der Waals surface area contributed by atoms with Crippen molar-refractivity contribution in [2.75, 3.05) is 92.1 Å². The van der Waals surface area contributed by atoms with Gasteiger partial charge < -0.3 is 23.7 Å². The van der Waals surface area contributed by atoms with Crippen molar-refractivity contribution in [3.8, 4) is 11.5 Å². The van der Waals surface area contributed by atoms with E-state index in [-0.39, 0.29) is 5.60 Å². The maximum Gasteiger partial charge on any atom is 0.161 e. The van der Waals surface area contributed by atoms with E-state index in [1.54, 1.807) is 0 Å². The maximum absolute atomic E-state index is 6.24. The van der Waals surface area contributed by atoms with Crippen LogP contribution in [0.5, 0.6) is 11.5 Å². The quantitative estimate of drug-likeness (QED) is 0.583. The van der Waals surface area contributed by atoms with Gasteiger partial charge in [-0.15, -0.1) is 0 Å². The lowest BCUT2D eigenvalue weighted by molar-refractivity contribution is -0.0373. The first-order valence-corrected chi connectivity index (χ1v) is 12.0. The molecule has 182 valence electrons. The van der Waals surface area contributed by atoms with Gasteiger partial charge in [0.15, 0.2) is 11.5 Å². The van der Waals surface area contributed by atoms with E-state index in [1.807, 2.05) is 12.1 Å². The number of benzene rings is 1. The first kappa shape index (κ1) is 22.9. The third-order valence-corrected chi connectivity index (χ3v) is 6.58. The molecule has 0 aromatic heterocycles. The van der Waals surface area contributed by atoms with Crippen LogP contribution in [0.15, 0.2) is 24.3 Å². The number of hydrogen-bond acceptors (Lipinski definition) is 9. The molecule has 1 aromatic carbocycles. The lowest BCUT2D eigenvalue weighted by Gasteiger charge is -2.27. The van der Waals surface area contributed by atoms with Crippen molar-refractivity contribution in [3.63, 3.8) is 0 Å². The summed E-state index contributed by atoms with van der Waals surface area (Å²) in [7, 11) is 0. The molecule has 0 radical (unpaired) electrons. The van der Waals surface area contributed by atoms with Crippen LogP contribution >= 0.6 is 0 Å². The van der Waals surface area contributed by atoms with E-state index in [0.29, 0.717) is 19.8 Å². The maximum atomic E-state index is 6.24. The molecule has 0 amide bonds. The predicted molar refractivity (Wildman–Crippen MR) is 122 cm³/mol. The average Bonchev–Trinajstić information content (AvgIpc) is 3.51. The fraction of sp³-hybridized carbons (Fsp3) is 0.667. The van der Waals surface area contributed by atoms with Gasteiger partial charge in [0.1, 0.15) is 18.8 Å². The van der Waals surface area contributed by atoms with Gasteiger partial charge in [0.05, 0.1) is 38.7 Å². The largest absolute Gasteiger partial charge is 0.488 e. The number of nitrogens with one attached hydrogen (secondary N) is 1. The van der Waals surface area contributed by atoms with Crippen molar-refractivity contribution >= 4 is 5.70 Å². The second-order valence-electron chi connectivity index (χ2n) is 8.90. The van der Waals surface area contributed by atoms with E-state index in [2.05, 4.69) is 27.4 Å². The van der Waals surface area contributed by atoms with Crippen molar-refractivity contribution in [3.05, 3.63) is 29.8 Å². The summed E-state index contributed by atoms with van der Waals surface area (Å²) in [5.41, 5.74) is 4.69. The Kier molecular flexibility index (Phi) is 7.65. The molecule has 33 heavy (non-hydrogen) atoms. The molecule has 9 heteroatoms. The summed E-state index contributed by atoms with van der Waals surface area (Å²) >= 11 is 0. The van der Waals surface area contributed by atoms with Crippen molar-refractivity contribution in [2.24, 2.45) is 0 Å². The van der Waals surface area contributed by atoms with Crippen LogP contribution in [-0.4, -0.2) is 108 Å². The highest BCUT2D eigenvalue weighted by molar-refractivity contribution is 5.68. The van der Waals surface area contributed by atoms with Crippen LogP contribution in [0.3, 0.4) is 0 Å². The summed E-state index contributed by atoms with van der Waals surface area (Å²) in [6, 6.07) is 6.09. The van der Waals surface area contributed by atoms with Gasteiger partial charge in [-0.05, 0) is 24.3 Å². The Morgan fingerprint density at radius 1 is 0.818 bits per heavy atom. The predicted octanol–water partition coefficient (Wildman–Crippen LogP) is 1.14. The van der Waals surface area contributed by atoms with E-state index >= 15 is 0 Å². The molecule has 4 aliphatic heterocycles. The van der Waals surface area contributed by atoms with Gasteiger partial charge in [0, 0.05) is 57.9 Å². The van der Waals surface area contributed by atoms with E-state index < -0.39 is 0 Å². The number of hydroxylamine groups is 1. The van der Waals surface area contributed by atoms with Gasteiger partial charge in [0.25, 0.3) is 0 Å². The number of morpholine rings is 2. The van der Waals surface area contributed by atoms with Crippen LogP contribution in [0.2, 0.25) is 0 Å². The molecule has 0 saturated carbocycles. The molecule has 1 unspecified atom stereocenters. The Balaban J connectivity index is 1.24. The zero-order valence-corrected chi connectivity index (χ0v) is 19.3. The lowest BCUT2D eigenvalue weighted by Crippen LogP contribution is -2.39. The summed E-state index contributed by atoms with van der Waals surface area (Å²) in [5.74, 6) is 1.53. The fourth-order valence-corrected chi connectivity index (χ4v) is 4.50. The van der Waals surface area contributed by atoms with Gasteiger partial charge in [-0.2, -0.15) is 0 Å². The van der Waals surface area contributed by atoms with Gasteiger partial charge in [0.2, 0.25) is 0 Å². The summed E-state index contributed by atoms with van der Waals surface area (Å²) < 4.78 is 28.8. The molecular formula is C24H35N3O6. The standard InChI is InChI=1S/C24H35N3O6/c1-2-22(31-15-8-26-4-11-28-12-5-26)23(32-16-9-27-6-13-29-14-7-27)17-20(1)21-18-24(33-25-21)3-10-30-19-24/h1-2,17-18,25H,3-16,19H2. The van der Waals surface area contributed by atoms with Crippen LogP contribution < -0.4 is 15.0 Å². The zero-order chi connectivity index (χ0) is 22.3. The second-order valence-corrected chi connectivity index (χ2v) is 8.90. The molecule has 3 fully saturated rings. The Bertz CT molecular complexity index is 801. The smallest absolute Gasteiger partial charge is 0.161 e. The Morgan fingerprint density at radius 2 is 1.48 bits per heavy atom. The molecule has 1 N–H and O–H groups in total. The van der Waals surface area contributed by atoms with Crippen LogP contribution in [-0.2, 0) is 19.0 Å². The minimum Gasteiger partial charge on any atom is -0.488 e. The Morgan fingerprint density at radius 3 is 2.12 bits per heavy atom. The molecule has 0 aliphatic carbocycles. The van der Waals surface area contributed by atoms with Crippen LogP contribution in [0.1, 0.15) is 12.0 Å². The summed E-state index contributed by atoms with van der Waals surface area (Å²) in [6.07, 6.45) is 2.99. The fourth-order valence-electron chi connectivity index (χ4n) is 4.50. The van der Waals surface area contributed by atoms with Gasteiger partial charge >= 0.3 is 0 Å². The third kappa shape index (κ3) is 5.98. The van der Waals surface area contributed by atoms with Crippen molar-refractivity contribution in [2.45, 2.75) is 12.0 Å². The average molecular weight is 462 g/mol. The van der Waals surface area contributed by atoms with Gasteiger partial charge in [-0.1, -0.05) is 0 Å². The van der Waals surface area contributed by atoms with Crippen LogP contribution in [0.25, 0.3) is 5.70 Å². The molecule has 1 aromatic rings. The first-order valence-electron chi connectivity index (χ1n) is 12.0. The van der Waals surface area contributed by atoms with Crippen molar-refractivity contribution in [1.82, 2.24) is 15.3 Å².